The molecule has 9 heavy (non-hydrogen) atoms. The van der Waals surface area contributed by atoms with Crippen LogP contribution in [0.5, 0.6) is 0 Å². The lowest BCUT2D eigenvalue weighted by Gasteiger charge is -2.20. The van der Waals surface area contributed by atoms with Crippen molar-refractivity contribution in [3.8, 4) is 0 Å². The second kappa shape index (κ2) is 2.87. The van der Waals surface area contributed by atoms with E-state index in [9.17, 15) is 0 Å². The first kappa shape index (κ1) is 6.62. The van der Waals surface area contributed by atoms with Crippen LogP contribution in [0.15, 0.2) is 12.3 Å². The summed E-state index contributed by atoms with van der Waals surface area (Å²) in [4.78, 5) is 0. The van der Waals surface area contributed by atoms with E-state index < -0.39 is 0 Å². The molecule has 0 radical (unpaired) electrons. The van der Waals surface area contributed by atoms with Gasteiger partial charge in [0, 0.05) is 6.42 Å². The fourth-order valence-electron chi connectivity index (χ4n) is 0.914. The third-order valence-electron chi connectivity index (χ3n) is 1.53. The van der Waals surface area contributed by atoms with Crippen molar-refractivity contribution in [3.05, 3.63) is 12.3 Å². The molecule has 0 aromatic heterocycles. The SMILES string of the molecule is CCC1C[C@H](O)C=CO1. The van der Waals surface area contributed by atoms with E-state index in [0.29, 0.717) is 0 Å². The lowest BCUT2D eigenvalue weighted by Crippen LogP contribution is -2.20. The molecule has 1 unspecified atom stereocenters. The molecule has 2 heteroatoms. The minimum absolute atomic E-state index is 0.227. The van der Waals surface area contributed by atoms with Gasteiger partial charge in [-0.25, -0.2) is 0 Å². The lowest BCUT2D eigenvalue weighted by molar-refractivity contribution is 0.0623. The Morgan fingerprint density at radius 1 is 1.78 bits per heavy atom. The molecule has 1 aliphatic heterocycles. The summed E-state index contributed by atoms with van der Waals surface area (Å²) in [5.41, 5.74) is 0. The topological polar surface area (TPSA) is 29.5 Å². The quantitative estimate of drug-likeness (QED) is 0.572. The molecule has 1 aliphatic rings. The van der Waals surface area contributed by atoms with Crippen LogP contribution in [0.1, 0.15) is 19.8 Å². The summed E-state index contributed by atoms with van der Waals surface area (Å²) >= 11 is 0. The molecule has 0 saturated carbocycles. The summed E-state index contributed by atoms with van der Waals surface area (Å²) in [6.07, 6.45) is 4.91. The van der Waals surface area contributed by atoms with Crippen LogP contribution in [0.25, 0.3) is 0 Å². The molecule has 0 aromatic rings. The monoisotopic (exact) mass is 128 g/mol. The van der Waals surface area contributed by atoms with Crippen LogP contribution in [0.3, 0.4) is 0 Å². The Morgan fingerprint density at radius 3 is 3.00 bits per heavy atom. The van der Waals surface area contributed by atoms with Gasteiger partial charge in [0.05, 0.1) is 12.4 Å². The van der Waals surface area contributed by atoms with Crippen LogP contribution in [0.4, 0.5) is 0 Å². The average Bonchev–Trinajstić information content (AvgIpc) is 1.88. The predicted molar refractivity (Wildman–Crippen MR) is 34.9 cm³/mol. The molecule has 0 aliphatic carbocycles. The Morgan fingerprint density at radius 2 is 2.56 bits per heavy atom. The van der Waals surface area contributed by atoms with Crippen molar-refractivity contribution < 1.29 is 9.84 Å². The van der Waals surface area contributed by atoms with Crippen molar-refractivity contribution in [3.63, 3.8) is 0 Å². The van der Waals surface area contributed by atoms with Crippen LogP contribution in [-0.4, -0.2) is 17.3 Å². The Bertz CT molecular complexity index is 109. The van der Waals surface area contributed by atoms with Crippen LogP contribution in [-0.2, 0) is 4.74 Å². The van der Waals surface area contributed by atoms with E-state index >= 15 is 0 Å². The minimum Gasteiger partial charge on any atom is -0.498 e. The molecule has 1 heterocycles. The highest BCUT2D eigenvalue weighted by Gasteiger charge is 2.14. The molecule has 1 N–H and O–H groups in total. The van der Waals surface area contributed by atoms with E-state index in [1.807, 2.05) is 0 Å². The Labute approximate surface area is 55.1 Å². The molecule has 0 spiro atoms. The second-order valence-electron chi connectivity index (χ2n) is 2.30. The van der Waals surface area contributed by atoms with Crippen molar-refractivity contribution in [2.45, 2.75) is 32.0 Å². The van der Waals surface area contributed by atoms with E-state index in [1.165, 1.54) is 0 Å². The Hall–Kier alpha value is -0.500. The number of aliphatic hydroxyl groups is 1. The summed E-state index contributed by atoms with van der Waals surface area (Å²) in [5.74, 6) is 0. The summed E-state index contributed by atoms with van der Waals surface area (Å²) in [6, 6.07) is 0. The number of ether oxygens (including phenoxy) is 1. The smallest absolute Gasteiger partial charge is 0.100 e. The van der Waals surface area contributed by atoms with Gasteiger partial charge < -0.3 is 9.84 Å². The molecule has 1 rings (SSSR count). The molecule has 0 bridgehead atoms. The molecule has 0 saturated heterocycles. The highest BCUT2D eigenvalue weighted by Crippen LogP contribution is 2.12. The van der Waals surface area contributed by atoms with Crippen molar-refractivity contribution in [2.24, 2.45) is 0 Å². The summed E-state index contributed by atoms with van der Waals surface area (Å²) in [7, 11) is 0. The van der Waals surface area contributed by atoms with Gasteiger partial charge in [-0.3, -0.25) is 0 Å². The van der Waals surface area contributed by atoms with Gasteiger partial charge in [-0.1, -0.05) is 6.92 Å². The standard InChI is InChI=1S/C7H12O2/c1-2-7-5-6(8)3-4-9-7/h3-4,6-8H,2,5H2,1H3/t6-,7?/m1/s1. The van der Waals surface area contributed by atoms with Crippen molar-refractivity contribution in [1.29, 1.82) is 0 Å². The highest BCUT2D eigenvalue weighted by molar-refractivity contribution is 4.89. The number of rotatable bonds is 1. The Kier molecular flexibility index (Phi) is 2.11. The third-order valence-corrected chi connectivity index (χ3v) is 1.53. The van der Waals surface area contributed by atoms with Crippen LogP contribution < -0.4 is 0 Å². The first-order chi connectivity index (χ1) is 4.33. The van der Waals surface area contributed by atoms with E-state index in [1.54, 1.807) is 12.3 Å². The van der Waals surface area contributed by atoms with Crippen LogP contribution >= 0.6 is 0 Å². The first-order valence-corrected chi connectivity index (χ1v) is 3.33. The molecule has 2 nitrogen and oxygen atoms in total. The van der Waals surface area contributed by atoms with Crippen LogP contribution in [0, 0.1) is 0 Å². The molecule has 0 aromatic carbocycles. The molecule has 0 fully saturated rings. The summed E-state index contributed by atoms with van der Waals surface area (Å²) < 4.78 is 5.16. The zero-order chi connectivity index (χ0) is 6.69. The van der Waals surface area contributed by atoms with Gasteiger partial charge in [0.25, 0.3) is 0 Å². The second-order valence-corrected chi connectivity index (χ2v) is 2.30. The fraction of sp³-hybridized carbons (Fsp3) is 0.714. The number of aliphatic hydroxyl groups excluding tert-OH is 1. The van der Waals surface area contributed by atoms with Gasteiger partial charge in [-0.2, -0.15) is 0 Å². The molecular formula is C7H12O2. The molecular weight excluding hydrogens is 116 g/mol. The maximum Gasteiger partial charge on any atom is 0.100 e. The minimum atomic E-state index is -0.288. The maximum absolute atomic E-state index is 9.04. The maximum atomic E-state index is 9.04. The van der Waals surface area contributed by atoms with Gasteiger partial charge in [-0.05, 0) is 12.5 Å². The van der Waals surface area contributed by atoms with Gasteiger partial charge in [0.2, 0.25) is 0 Å². The third kappa shape index (κ3) is 1.72. The predicted octanol–water partition coefficient (Wildman–Crippen LogP) is 1.06. The Balaban J connectivity index is 2.38. The van der Waals surface area contributed by atoms with E-state index in [4.69, 9.17) is 9.84 Å². The van der Waals surface area contributed by atoms with Crippen molar-refractivity contribution in [1.82, 2.24) is 0 Å². The van der Waals surface area contributed by atoms with Crippen LogP contribution in [0.2, 0.25) is 0 Å². The van der Waals surface area contributed by atoms with Crippen molar-refractivity contribution in [2.75, 3.05) is 0 Å². The van der Waals surface area contributed by atoms with E-state index in [-0.39, 0.29) is 12.2 Å². The molecule has 0 amide bonds. The summed E-state index contributed by atoms with van der Waals surface area (Å²) in [5, 5.41) is 9.04. The molecule has 52 valence electrons. The highest BCUT2D eigenvalue weighted by atomic mass is 16.5. The number of hydrogen-bond acceptors (Lipinski definition) is 2. The van der Waals surface area contributed by atoms with Gasteiger partial charge in [0.15, 0.2) is 0 Å². The van der Waals surface area contributed by atoms with Gasteiger partial charge in [-0.15, -0.1) is 0 Å². The van der Waals surface area contributed by atoms with E-state index in [2.05, 4.69) is 6.92 Å². The van der Waals surface area contributed by atoms with E-state index in [0.717, 1.165) is 12.8 Å². The molecule has 2 atom stereocenters. The average molecular weight is 128 g/mol. The summed E-state index contributed by atoms with van der Waals surface area (Å²) in [6.45, 7) is 2.05. The van der Waals surface area contributed by atoms with Gasteiger partial charge >= 0.3 is 0 Å². The number of hydrogen-bond donors (Lipinski definition) is 1. The largest absolute Gasteiger partial charge is 0.498 e. The zero-order valence-electron chi connectivity index (χ0n) is 5.58. The van der Waals surface area contributed by atoms with Gasteiger partial charge in [0.1, 0.15) is 6.10 Å². The lowest BCUT2D eigenvalue weighted by atomic mass is 10.1. The first-order valence-electron chi connectivity index (χ1n) is 3.33. The normalized spacial score (nSPS) is 34.0. The fourth-order valence-corrected chi connectivity index (χ4v) is 0.914. The van der Waals surface area contributed by atoms with Crippen molar-refractivity contribution >= 4 is 0 Å². The zero-order valence-corrected chi connectivity index (χ0v) is 5.58.